The molecule has 13 nitrogen and oxygen atoms in total. The third kappa shape index (κ3) is 7.35. The highest BCUT2D eigenvalue weighted by molar-refractivity contribution is 6.63. The first-order valence-corrected chi connectivity index (χ1v) is 13.7. The molecule has 0 amide bonds. The molecule has 1 aromatic rings. The zero-order valence-electron chi connectivity index (χ0n) is 20.9. The minimum atomic E-state index is -3.07. The van der Waals surface area contributed by atoms with Gasteiger partial charge < -0.3 is 28.1 Å². The molecule has 3 heterocycles. The van der Waals surface area contributed by atoms with Gasteiger partial charge in [0.15, 0.2) is 11.3 Å². The Hall–Kier alpha value is -2.29. The summed E-state index contributed by atoms with van der Waals surface area (Å²) in [5.41, 5.74) is -1.02. The third-order valence-corrected chi connectivity index (χ3v) is 8.75. The van der Waals surface area contributed by atoms with Crippen LogP contribution in [0.15, 0.2) is 20.5 Å². The van der Waals surface area contributed by atoms with Crippen LogP contribution in [0.25, 0.3) is 0 Å². The quantitative estimate of drug-likeness (QED) is 0.301. The number of hydrogen-bond acceptors (Lipinski definition) is 13. The SMILES string of the molecule is CCO[Si](OCC)(OCC)C(CC)Nc1nc(OCCC2(C)N=N2)nc(OCCC2(C)N=N2)n1. The van der Waals surface area contributed by atoms with Gasteiger partial charge in [-0.1, -0.05) is 6.92 Å². The Labute approximate surface area is 201 Å². The van der Waals surface area contributed by atoms with Gasteiger partial charge in [-0.15, -0.1) is 4.98 Å². The summed E-state index contributed by atoms with van der Waals surface area (Å²) in [6.07, 6.45) is 1.93. The minimum Gasteiger partial charge on any atom is -0.463 e. The Balaban J connectivity index is 1.76. The molecule has 0 saturated heterocycles. The predicted octanol–water partition coefficient (Wildman–Crippen LogP) is 3.55. The summed E-state index contributed by atoms with van der Waals surface area (Å²) in [5, 5.41) is 19.3. The summed E-state index contributed by atoms with van der Waals surface area (Å²) in [5.74, 6) is 0.293. The molecule has 0 saturated carbocycles. The van der Waals surface area contributed by atoms with Gasteiger partial charge in [-0.2, -0.15) is 30.4 Å². The van der Waals surface area contributed by atoms with E-state index in [9.17, 15) is 0 Å². The minimum absolute atomic E-state index is 0.148. The lowest BCUT2D eigenvalue weighted by molar-refractivity contribution is 0.0638. The van der Waals surface area contributed by atoms with Crippen LogP contribution >= 0.6 is 0 Å². The molecule has 34 heavy (non-hydrogen) atoms. The van der Waals surface area contributed by atoms with E-state index in [1.807, 2.05) is 41.5 Å². The van der Waals surface area contributed by atoms with Crippen molar-refractivity contribution in [3.05, 3.63) is 0 Å². The molecule has 0 spiro atoms. The molecule has 0 radical (unpaired) electrons. The zero-order valence-corrected chi connectivity index (χ0v) is 21.9. The largest absolute Gasteiger partial charge is 0.524 e. The molecule has 0 aliphatic carbocycles. The molecule has 14 heteroatoms. The standard InChI is InChI=1S/C20H36N8O5Si/c1-7-15(34(31-8-2,32-9-3)33-10-4)21-16-22-17(29-13-11-19(5)25-26-19)24-18(23-16)30-14-12-20(6)27-28-20/h15H,7-14H2,1-6H3,(H,21,22,23,24). The van der Waals surface area contributed by atoms with Crippen molar-refractivity contribution in [1.29, 1.82) is 0 Å². The van der Waals surface area contributed by atoms with Crippen LogP contribution in [0.1, 0.15) is 60.8 Å². The van der Waals surface area contributed by atoms with Gasteiger partial charge in [0, 0.05) is 32.7 Å². The van der Waals surface area contributed by atoms with Gasteiger partial charge in [-0.25, -0.2) is 0 Å². The van der Waals surface area contributed by atoms with E-state index in [0.717, 1.165) is 0 Å². The van der Waals surface area contributed by atoms with E-state index in [2.05, 4.69) is 40.7 Å². The number of nitrogens with one attached hydrogen (secondary N) is 1. The molecule has 2 aliphatic rings. The molecule has 2 aliphatic heterocycles. The first-order chi connectivity index (χ1) is 16.3. The first-order valence-electron chi connectivity index (χ1n) is 11.9. The second-order valence-electron chi connectivity index (χ2n) is 8.26. The number of nitrogens with zero attached hydrogens (tertiary/aromatic N) is 7. The number of rotatable bonds is 18. The first kappa shape index (κ1) is 26.3. The van der Waals surface area contributed by atoms with E-state index in [1.54, 1.807) is 0 Å². The normalized spacial score (nSPS) is 17.9. The Bertz CT molecular complexity index is 796. The smallest absolute Gasteiger partial charge is 0.463 e. The van der Waals surface area contributed by atoms with Crippen molar-refractivity contribution >= 4 is 14.8 Å². The molecule has 1 N–H and O–H groups in total. The molecule has 1 atom stereocenters. The highest BCUT2D eigenvalue weighted by Crippen LogP contribution is 2.31. The Kier molecular flexibility index (Phi) is 8.84. The second-order valence-corrected chi connectivity index (χ2v) is 11.0. The molecular weight excluding hydrogens is 460 g/mol. The van der Waals surface area contributed by atoms with Gasteiger partial charge >= 0.3 is 20.8 Å². The summed E-state index contributed by atoms with van der Waals surface area (Å²) in [4.78, 5) is 13.2. The van der Waals surface area contributed by atoms with Crippen molar-refractivity contribution in [2.24, 2.45) is 20.5 Å². The number of anilines is 1. The number of aromatic nitrogens is 3. The lowest BCUT2D eigenvalue weighted by atomic mass is 10.2. The van der Waals surface area contributed by atoms with Crippen LogP contribution in [-0.2, 0) is 13.3 Å². The van der Waals surface area contributed by atoms with Crippen LogP contribution in [0.5, 0.6) is 12.0 Å². The highest BCUT2D eigenvalue weighted by atomic mass is 28.4. The fraction of sp³-hybridized carbons (Fsp3) is 0.850. The van der Waals surface area contributed by atoms with Gasteiger partial charge in [-0.05, 0) is 41.0 Å². The fourth-order valence-corrected chi connectivity index (χ4v) is 6.07. The third-order valence-electron chi connectivity index (χ3n) is 5.27. The summed E-state index contributed by atoms with van der Waals surface area (Å²) < 4.78 is 29.8. The van der Waals surface area contributed by atoms with Gasteiger partial charge in [-0.3, -0.25) is 0 Å². The summed E-state index contributed by atoms with van der Waals surface area (Å²) in [6, 6.07) is 0.296. The monoisotopic (exact) mass is 496 g/mol. The number of hydrogen-bond donors (Lipinski definition) is 1. The van der Waals surface area contributed by atoms with Crippen LogP contribution in [-0.4, -0.2) is 73.8 Å². The molecule has 1 unspecified atom stereocenters. The predicted molar refractivity (Wildman–Crippen MR) is 125 cm³/mol. The average Bonchev–Trinajstić information content (AvgIpc) is 3.71. The van der Waals surface area contributed by atoms with E-state index >= 15 is 0 Å². The summed E-state index contributed by atoms with van der Waals surface area (Å²) in [7, 11) is -3.07. The lowest BCUT2D eigenvalue weighted by Gasteiger charge is -2.35. The molecule has 0 bridgehead atoms. The van der Waals surface area contributed by atoms with E-state index in [-0.39, 0.29) is 29.0 Å². The fourth-order valence-electron chi connectivity index (χ4n) is 3.20. The Morgan fingerprint density at radius 1 is 0.735 bits per heavy atom. The molecule has 0 aromatic carbocycles. The topological polar surface area (TPSA) is 146 Å². The number of ether oxygens (including phenoxy) is 2. The van der Waals surface area contributed by atoms with Gasteiger partial charge in [0.2, 0.25) is 5.95 Å². The van der Waals surface area contributed by atoms with Crippen LogP contribution < -0.4 is 14.8 Å². The van der Waals surface area contributed by atoms with Crippen LogP contribution in [0.2, 0.25) is 0 Å². The maximum Gasteiger partial charge on any atom is 0.524 e. The molecule has 0 fully saturated rings. The maximum atomic E-state index is 6.07. The lowest BCUT2D eigenvalue weighted by Crippen LogP contribution is -2.59. The second kappa shape index (κ2) is 11.4. The molecule has 190 valence electrons. The van der Waals surface area contributed by atoms with Gasteiger partial charge in [0.05, 0.1) is 18.9 Å². The van der Waals surface area contributed by atoms with Crippen molar-refractivity contribution in [3.8, 4) is 12.0 Å². The van der Waals surface area contributed by atoms with E-state index in [4.69, 9.17) is 22.8 Å². The van der Waals surface area contributed by atoms with E-state index < -0.39 is 8.80 Å². The maximum absolute atomic E-state index is 6.07. The van der Waals surface area contributed by atoms with Crippen LogP contribution in [0, 0.1) is 0 Å². The van der Waals surface area contributed by atoms with Crippen molar-refractivity contribution in [2.75, 3.05) is 38.4 Å². The van der Waals surface area contributed by atoms with Crippen LogP contribution in [0.4, 0.5) is 5.95 Å². The molecular formula is C20H36N8O5Si. The van der Waals surface area contributed by atoms with E-state index in [1.165, 1.54) is 0 Å². The molecule has 3 rings (SSSR count). The van der Waals surface area contributed by atoms with Crippen molar-refractivity contribution in [1.82, 2.24) is 15.0 Å². The van der Waals surface area contributed by atoms with Crippen molar-refractivity contribution in [3.63, 3.8) is 0 Å². The van der Waals surface area contributed by atoms with Gasteiger partial charge in [0.25, 0.3) is 0 Å². The summed E-state index contributed by atoms with van der Waals surface area (Å²) >= 11 is 0. The van der Waals surface area contributed by atoms with E-state index in [0.29, 0.717) is 58.2 Å². The highest BCUT2D eigenvalue weighted by Gasteiger charge is 2.49. The zero-order chi connectivity index (χ0) is 24.7. The van der Waals surface area contributed by atoms with Gasteiger partial charge in [0.1, 0.15) is 0 Å². The average molecular weight is 497 g/mol. The Morgan fingerprint density at radius 2 is 1.18 bits per heavy atom. The molecule has 1 aromatic heterocycles. The van der Waals surface area contributed by atoms with Crippen molar-refractivity contribution < 1.29 is 22.8 Å². The Morgan fingerprint density at radius 3 is 1.53 bits per heavy atom. The summed E-state index contributed by atoms with van der Waals surface area (Å²) in [6.45, 7) is 13.8. The van der Waals surface area contributed by atoms with Crippen LogP contribution in [0.3, 0.4) is 0 Å². The van der Waals surface area contributed by atoms with Crippen molar-refractivity contribution in [2.45, 2.75) is 77.8 Å².